The molecule has 1 N–H and O–H groups in total. The first-order chi connectivity index (χ1) is 6.15. The molecule has 1 heterocycles. The zero-order valence-corrected chi connectivity index (χ0v) is 9.83. The Bertz CT molecular complexity index is 325. The number of nitrogens with one attached hydrogen (secondary N) is 1. The highest BCUT2D eigenvalue weighted by Gasteiger charge is 2.09. The molecule has 70 valence electrons. The van der Waals surface area contributed by atoms with Crippen molar-refractivity contribution in [1.29, 1.82) is 0 Å². The van der Waals surface area contributed by atoms with Crippen molar-refractivity contribution in [2.24, 2.45) is 7.05 Å². The molecule has 0 bridgehead atoms. The second-order valence-electron chi connectivity index (χ2n) is 2.71. The van der Waals surface area contributed by atoms with Gasteiger partial charge in [0.15, 0.2) is 6.20 Å². The van der Waals surface area contributed by atoms with E-state index in [-0.39, 0.29) is 5.91 Å². The van der Waals surface area contributed by atoms with Crippen LogP contribution in [-0.4, -0.2) is 12.5 Å². The van der Waals surface area contributed by atoms with Crippen LogP contribution in [0.15, 0.2) is 18.3 Å². The Morgan fingerprint density at radius 2 is 2.31 bits per heavy atom. The van der Waals surface area contributed by atoms with Crippen LogP contribution in [0.5, 0.6) is 0 Å². The number of carbonyl (C=O) groups excluding carboxylic acids is 1. The Labute approximate surface area is 91.3 Å². The van der Waals surface area contributed by atoms with E-state index in [0.29, 0.717) is 12.1 Å². The molecule has 3 nitrogen and oxygen atoms in total. The van der Waals surface area contributed by atoms with Crippen molar-refractivity contribution in [3.63, 3.8) is 0 Å². The number of aromatic nitrogens is 1. The van der Waals surface area contributed by atoms with Gasteiger partial charge in [0.05, 0.1) is 0 Å². The summed E-state index contributed by atoms with van der Waals surface area (Å²) in [6.45, 7) is 2.57. The molecule has 0 unspecified atom stereocenters. The first-order valence-corrected chi connectivity index (χ1v) is 5.16. The molecule has 0 aromatic carbocycles. The van der Waals surface area contributed by atoms with Crippen LogP contribution in [0.25, 0.3) is 0 Å². The van der Waals surface area contributed by atoms with Crippen LogP contribution in [0.4, 0.5) is 0 Å². The molecule has 0 aliphatic carbocycles. The number of carbonyl (C=O) groups is 1. The number of hydrogen-bond acceptors (Lipinski definition) is 1. The van der Waals surface area contributed by atoms with E-state index in [1.165, 1.54) is 0 Å². The van der Waals surface area contributed by atoms with Gasteiger partial charge >= 0.3 is 0 Å². The van der Waals surface area contributed by atoms with Crippen LogP contribution >= 0.6 is 22.6 Å². The third-order valence-corrected chi connectivity index (χ3v) is 2.79. The molecule has 1 aromatic rings. The Balaban J connectivity index is 2.90. The number of nitrogens with zero attached hydrogens (tertiary/aromatic N) is 1. The molecule has 0 saturated carbocycles. The minimum absolute atomic E-state index is 0.0190. The molecule has 0 saturated heterocycles. The van der Waals surface area contributed by atoms with Crippen molar-refractivity contribution in [3.05, 3.63) is 27.6 Å². The number of pyridine rings is 1. The van der Waals surface area contributed by atoms with Crippen molar-refractivity contribution in [1.82, 2.24) is 5.32 Å². The van der Waals surface area contributed by atoms with Gasteiger partial charge in [0.1, 0.15) is 12.6 Å². The second-order valence-corrected chi connectivity index (χ2v) is 3.82. The van der Waals surface area contributed by atoms with Crippen LogP contribution in [0, 0.1) is 3.70 Å². The SMILES string of the molecule is CCNC(=O)c1ccc(I)[n+](C)c1. The average Bonchev–Trinajstić information content (AvgIpc) is 2.10. The summed E-state index contributed by atoms with van der Waals surface area (Å²) in [5.41, 5.74) is 0.699. The zero-order chi connectivity index (χ0) is 9.84. The van der Waals surface area contributed by atoms with Crippen molar-refractivity contribution in [3.8, 4) is 0 Å². The number of hydrogen-bond donors (Lipinski definition) is 1. The monoisotopic (exact) mass is 291 g/mol. The third-order valence-electron chi connectivity index (χ3n) is 1.67. The fourth-order valence-corrected chi connectivity index (χ4v) is 1.31. The molecular weight excluding hydrogens is 279 g/mol. The van der Waals surface area contributed by atoms with E-state index in [1.54, 1.807) is 0 Å². The normalized spacial score (nSPS) is 9.77. The van der Waals surface area contributed by atoms with Crippen molar-refractivity contribution in [2.45, 2.75) is 6.92 Å². The molecule has 4 heteroatoms. The lowest BCUT2D eigenvalue weighted by Gasteiger charge is -2.00. The fraction of sp³-hybridized carbons (Fsp3) is 0.333. The number of amides is 1. The van der Waals surface area contributed by atoms with Gasteiger partial charge in [0.2, 0.25) is 3.70 Å². The van der Waals surface area contributed by atoms with Gasteiger partial charge in [-0.25, -0.2) is 0 Å². The summed E-state index contributed by atoms with van der Waals surface area (Å²) >= 11 is 2.22. The minimum atomic E-state index is -0.0190. The first kappa shape index (κ1) is 10.4. The Morgan fingerprint density at radius 3 is 2.85 bits per heavy atom. The Kier molecular flexibility index (Phi) is 3.65. The van der Waals surface area contributed by atoms with Gasteiger partial charge in [-0.1, -0.05) is 0 Å². The lowest BCUT2D eigenvalue weighted by atomic mass is 10.2. The molecule has 1 aromatic heterocycles. The summed E-state index contributed by atoms with van der Waals surface area (Å²) < 4.78 is 3.02. The Morgan fingerprint density at radius 1 is 1.62 bits per heavy atom. The van der Waals surface area contributed by atoms with Gasteiger partial charge < -0.3 is 5.32 Å². The van der Waals surface area contributed by atoms with E-state index in [2.05, 4.69) is 27.9 Å². The van der Waals surface area contributed by atoms with Gasteiger partial charge in [0, 0.05) is 35.2 Å². The standard InChI is InChI=1S/C9H11IN2O/c1-3-11-9(13)7-4-5-8(10)12(2)6-7/h4-6H,3H2,1-2H3/p+1. The molecule has 0 atom stereocenters. The van der Waals surface area contributed by atoms with Crippen molar-refractivity contribution >= 4 is 28.5 Å². The Hall–Kier alpha value is -0.650. The quantitative estimate of drug-likeness (QED) is 0.489. The van der Waals surface area contributed by atoms with Crippen molar-refractivity contribution < 1.29 is 9.36 Å². The average molecular weight is 291 g/mol. The number of halogens is 1. The number of aryl methyl sites for hydroxylation is 1. The van der Waals surface area contributed by atoms with Gasteiger partial charge in [-0.05, 0) is 13.0 Å². The lowest BCUT2D eigenvalue weighted by molar-refractivity contribution is -0.684. The minimum Gasteiger partial charge on any atom is -0.352 e. The van der Waals surface area contributed by atoms with Crippen LogP contribution < -0.4 is 9.88 Å². The van der Waals surface area contributed by atoms with Crippen LogP contribution in [0.3, 0.4) is 0 Å². The highest BCUT2D eigenvalue weighted by Crippen LogP contribution is 2.00. The number of rotatable bonds is 2. The maximum atomic E-state index is 11.4. The lowest BCUT2D eigenvalue weighted by Crippen LogP contribution is -2.34. The van der Waals surface area contributed by atoms with Gasteiger partial charge in [-0.2, -0.15) is 4.57 Å². The summed E-state index contributed by atoms with van der Waals surface area (Å²) in [4.78, 5) is 11.4. The molecule has 1 amide bonds. The van der Waals surface area contributed by atoms with E-state index in [9.17, 15) is 4.79 Å². The highest BCUT2D eigenvalue weighted by molar-refractivity contribution is 14.1. The summed E-state index contributed by atoms with van der Waals surface area (Å²) in [7, 11) is 1.92. The molecule has 0 radical (unpaired) electrons. The molecular formula is C9H12IN2O+. The largest absolute Gasteiger partial charge is 0.352 e. The third kappa shape index (κ3) is 2.65. The molecule has 13 heavy (non-hydrogen) atoms. The highest BCUT2D eigenvalue weighted by atomic mass is 127. The maximum absolute atomic E-state index is 11.4. The summed E-state index contributed by atoms with van der Waals surface area (Å²) in [5.74, 6) is -0.0190. The summed E-state index contributed by atoms with van der Waals surface area (Å²) in [6.07, 6.45) is 1.83. The molecule has 1 rings (SSSR count). The van der Waals surface area contributed by atoms with E-state index in [0.717, 1.165) is 3.70 Å². The fourth-order valence-electron chi connectivity index (χ4n) is 0.986. The summed E-state index contributed by atoms with van der Waals surface area (Å²) in [6, 6.07) is 3.75. The van der Waals surface area contributed by atoms with Crippen LogP contribution in [0.1, 0.15) is 17.3 Å². The van der Waals surface area contributed by atoms with E-state index in [4.69, 9.17) is 0 Å². The predicted molar refractivity (Wildman–Crippen MR) is 58.3 cm³/mol. The molecule has 0 aliphatic heterocycles. The topological polar surface area (TPSA) is 33.0 Å². The molecule has 0 fully saturated rings. The van der Waals surface area contributed by atoms with Crippen LogP contribution in [-0.2, 0) is 7.05 Å². The van der Waals surface area contributed by atoms with E-state index in [1.807, 2.05) is 36.9 Å². The maximum Gasteiger partial charge on any atom is 0.257 e. The second kappa shape index (κ2) is 4.55. The molecule has 0 aliphatic rings. The van der Waals surface area contributed by atoms with E-state index >= 15 is 0 Å². The zero-order valence-electron chi connectivity index (χ0n) is 7.67. The van der Waals surface area contributed by atoms with Gasteiger partial charge in [0.25, 0.3) is 5.91 Å². The van der Waals surface area contributed by atoms with Crippen molar-refractivity contribution in [2.75, 3.05) is 6.54 Å². The summed E-state index contributed by atoms with van der Waals surface area (Å²) in [5, 5.41) is 2.75. The van der Waals surface area contributed by atoms with Gasteiger partial charge in [-0.15, -0.1) is 0 Å². The van der Waals surface area contributed by atoms with Gasteiger partial charge in [-0.3, -0.25) is 4.79 Å². The predicted octanol–water partition coefficient (Wildman–Crippen LogP) is 0.865. The van der Waals surface area contributed by atoms with E-state index < -0.39 is 0 Å². The molecule has 0 spiro atoms. The smallest absolute Gasteiger partial charge is 0.257 e. The van der Waals surface area contributed by atoms with Crippen LogP contribution in [0.2, 0.25) is 0 Å². The first-order valence-electron chi connectivity index (χ1n) is 4.08.